The Kier molecular flexibility index (Phi) is 6.63. The first-order valence-electron chi connectivity index (χ1n) is 11.3. The van der Waals surface area contributed by atoms with E-state index in [9.17, 15) is 23.2 Å². The van der Waals surface area contributed by atoms with Gasteiger partial charge in [0, 0.05) is 17.0 Å². The maximum absolute atomic E-state index is 15.0. The van der Waals surface area contributed by atoms with Crippen LogP contribution in [0.3, 0.4) is 0 Å². The monoisotopic (exact) mass is 505 g/mol. The van der Waals surface area contributed by atoms with Crippen molar-refractivity contribution in [1.29, 1.82) is 0 Å². The van der Waals surface area contributed by atoms with Crippen LogP contribution in [-0.4, -0.2) is 51.8 Å². The van der Waals surface area contributed by atoms with Gasteiger partial charge in [0.1, 0.15) is 0 Å². The number of carbonyl (C=O) groups excluding carboxylic acids is 3. The molecule has 0 saturated heterocycles. The summed E-state index contributed by atoms with van der Waals surface area (Å²) in [4.78, 5) is 37.9. The molecule has 3 amide bonds. The molecule has 1 saturated carbocycles. The number of amides is 3. The SMILES string of the molecule is CC(C)(C)C(=O)Nc1cc(C(NCC(F)(F)CN2C(=O)c3ccccc3C2=O)C2CC2)c(Cl)nn1. The van der Waals surface area contributed by atoms with E-state index < -0.39 is 42.3 Å². The van der Waals surface area contributed by atoms with Crippen LogP contribution in [0.25, 0.3) is 0 Å². The van der Waals surface area contributed by atoms with Crippen LogP contribution < -0.4 is 10.6 Å². The molecule has 35 heavy (non-hydrogen) atoms. The Morgan fingerprint density at radius 2 is 1.74 bits per heavy atom. The summed E-state index contributed by atoms with van der Waals surface area (Å²) in [7, 11) is 0. The van der Waals surface area contributed by atoms with Crippen molar-refractivity contribution in [1.82, 2.24) is 20.4 Å². The maximum Gasteiger partial charge on any atom is 0.278 e. The number of nitrogens with zero attached hydrogens (tertiary/aromatic N) is 3. The zero-order valence-electron chi connectivity index (χ0n) is 19.6. The van der Waals surface area contributed by atoms with Crippen LogP contribution in [-0.2, 0) is 4.79 Å². The topological polar surface area (TPSA) is 104 Å². The van der Waals surface area contributed by atoms with Crippen LogP contribution >= 0.6 is 11.6 Å². The van der Waals surface area contributed by atoms with E-state index in [2.05, 4.69) is 20.8 Å². The average molecular weight is 506 g/mol. The number of hydrogen-bond donors (Lipinski definition) is 2. The number of rotatable bonds is 8. The molecule has 1 aromatic carbocycles. The minimum atomic E-state index is -3.39. The van der Waals surface area contributed by atoms with E-state index in [0.29, 0.717) is 10.5 Å². The van der Waals surface area contributed by atoms with Crippen LogP contribution in [0.1, 0.15) is 65.9 Å². The van der Waals surface area contributed by atoms with Crippen molar-refractivity contribution in [2.75, 3.05) is 18.4 Å². The molecule has 1 atom stereocenters. The van der Waals surface area contributed by atoms with E-state index in [1.807, 2.05) is 0 Å². The van der Waals surface area contributed by atoms with E-state index in [1.54, 1.807) is 32.9 Å². The van der Waals surface area contributed by atoms with Gasteiger partial charge in [-0.15, -0.1) is 10.2 Å². The zero-order valence-corrected chi connectivity index (χ0v) is 20.3. The summed E-state index contributed by atoms with van der Waals surface area (Å²) < 4.78 is 29.9. The lowest BCUT2D eigenvalue weighted by Gasteiger charge is -2.26. The Balaban J connectivity index is 1.47. The molecule has 1 aliphatic carbocycles. The molecule has 8 nitrogen and oxygen atoms in total. The highest BCUT2D eigenvalue weighted by molar-refractivity contribution is 6.30. The van der Waals surface area contributed by atoms with Crippen molar-refractivity contribution in [3.63, 3.8) is 0 Å². The van der Waals surface area contributed by atoms with Gasteiger partial charge in [-0.1, -0.05) is 44.5 Å². The Morgan fingerprint density at radius 1 is 1.14 bits per heavy atom. The number of aromatic nitrogens is 2. The fraction of sp³-hybridized carbons (Fsp3) is 0.458. The van der Waals surface area contributed by atoms with Crippen molar-refractivity contribution < 1.29 is 23.2 Å². The molecule has 1 unspecified atom stereocenters. The predicted octanol–water partition coefficient (Wildman–Crippen LogP) is 4.09. The largest absolute Gasteiger partial charge is 0.309 e. The van der Waals surface area contributed by atoms with E-state index in [1.165, 1.54) is 18.2 Å². The fourth-order valence-corrected chi connectivity index (χ4v) is 4.07. The molecular formula is C24H26ClF2N5O3. The van der Waals surface area contributed by atoms with Gasteiger partial charge in [0.25, 0.3) is 17.7 Å². The van der Waals surface area contributed by atoms with Crippen molar-refractivity contribution in [3.05, 3.63) is 52.2 Å². The lowest BCUT2D eigenvalue weighted by atomic mass is 9.96. The number of nitrogens with one attached hydrogen (secondary N) is 2. The van der Waals surface area contributed by atoms with Crippen molar-refractivity contribution in [2.24, 2.45) is 11.3 Å². The lowest BCUT2D eigenvalue weighted by molar-refractivity contribution is -0.123. The molecule has 0 spiro atoms. The summed E-state index contributed by atoms with van der Waals surface area (Å²) in [5, 5.41) is 13.4. The summed E-state index contributed by atoms with van der Waals surface area (Å²) in [5.74, 6) is -4.90. The Hall–Kier alpha value is -2.98. The molecule has 0 bridgehead atoms. The summed E-state index contributed by atoms with van der Waals surface area (Å²) >= 11 is 6.26. The fourth-order valence-electron chi connectivity index (χ4n) is 3.86. The van der Waals surface area contributed by atoms with Gasteiger partial charge in [-0.3, -0.25) is 19.3 Å². The number of alkyl halides is 2. The number of anilines is 1. The highest BCUT2D eigenvalue weighted by Gasteiger charge is 2.43. The van der Waals surface area contributed by atoms with Crippen molar-refractivity contribution in [2.45, 2.75) is 45.6 Å². The van der Waals surface area contributed by atoms with E-state index in [0.717, 1.165) is 12.8 Å². The first-order valence-corrected chi connectivity index (χ1v) is 11.7. The lowest BCUT2D eigenvalue weighted by Crippen LogP contribution is -2.46. The molecule has 4 rings (SSSR count). The second-order valence-electron chi connectivity index (χ2n) is 9.97. The Morgan fingerprint density at radius 3 is 2.29 bits per heavy atom. The smallest absolute Gasteiger partial charge is 0.278 e. The highest BCUT2D eigenvalue weighted by Crippen LogP contribution is 2.43. The second-order valence-corrected chi connectivity index (χ2v) is 10.3. The van der Waals surface area contributed by atoms with Gasteiger partial charge in [-0.05, 0) is 37.0 Å². The van der Waals surface area contributed by atoms with Crippen LogP contribution in [0, 0.1) is 11.3 Å². The van der Waals surface area contributed by atoms with Gasteiger partial charge in [0.05, 0.1) is 24.2 Å². The van der Waals surface area contributed by atoms with E-state index in [-0.39, 0.29) is 33.9 Å². The standard InChI is InChI=1S/C24H26ClF2N5O3/c1-23(2,3)22(35)29-17-10-16(19(25)31-30-17)18(13-8-9-13)28-11-24(26,27)12-32-20(33)14-6-4-5-7-15(14)21(32)34/h4-7,10,13,18,28H,8-9,11-12H2,1-3H3,(H,29,30,35). The van der Waals surface area contributed by atoms with Gasteiger partial charge in [0.15, 0.2) is 11.0 Å². The molecular weight excluding hydrogens is 480 g/mol. The van der Waals surface area contributed by atoms with Gasteiger partial charge in [-0.2, -0.15) is 0 Å². The third kappa shape index (κ3) is 5.48. The summed E-state index contributed by atoms with van der Waals surface area (Å²) in [6, 6.07) is 7.04. The highest BCUT2D eigenvalue weighted by atomic mass is 35.5. The molecule has 0 radical (unpaired) electrons. The number of halogens is 3. The molecule has 11 heteroatoms. The van der Waals surface area contributed by atoms with Gasteiger partial charge < -0.3 is 10.6 Å². The Bertz CT molecular complexity index is 1140. The molecule has 1 aliphatic heterocycles. The van der Waals surface area contributed by atoms with Gasteiger partial charge >= 0.3 is 0 Å². The first-order chi connectivity index (χ1) is 16.4. The summed E-state index contributed by atoms with van der Waals surface area (Å²) in [6.45, 7) is 3.41. The molecule has 2 aromatic rings. The number of imide groups is 1. The van der Waals surface area contributed by atoms with E-state index in [4.69, 9.17) is 11.6 Å². The van der Waals surface area contributed by atoms with Crippen LogP contribution in [0.15, 0.2) is 30.3 Å². The zero-order chi connectivity index (χ0) is 25.5. The number of carbonyl (C=O) groups is 3. The normalized spacial score (nSPS) is 16.9. The average Bonchev–Trinajstić information content (AvgIpc) is 3.60. The second kappa shape index (κ2) is 9.23. The molecule has 1 aromatic heterocycles. The van der Waals surface area contributed by atoms with Crippen molar-refractivity contribution in [3.8, 4) is 0 Å². The number of benzene rings is 1. The third-order valence-electron chi connectivity index (χ3n) is 5.98. The minimum absolute atomic E-state index is 0.0480. The van der Waals surface area contributed by atoms with E-state index >= 15 is 0 Å². The first kappa shape index (κ1) is 25.1. The van der Waals surface area contributed by atoms with Gasteiger partial charge in [-0.25, -0.2) is 8.78 Å². The molecule has 2 heterocycles. The number of hydrogen-bond acceptors (Lipinski definition) is 6. The van der Waals surface area contributed by atoms with Crippen LogP contribution in [0.5, 0.6) is 0 Å². The quantitative estimate of drug-likeness (QED) is 0.524. The molecule has 2 aliphatic rings. The van der Waals surface area contributed by atoms with Gasteiger partial charge in [0.2, 0.25) is 5.91 Å². The summed E-state index contributed by atoms with van der Waals surface area (Å²) in [5.41, 5.74) is 0.0278. The molecule has 186 valence electrons. The minimum Gasteiger partial charge on any atom is -0.309 e. The van der Waals surface area contributed by atoms with Crippen molar-refractivity contribution >= 4 is 35.1 Å². The van der Waals surface area contributed by atoms with Crippen LogP contribution in [0.4, 0.5) is 14.6 Å². The molecule has 1 fully saturated rings. The number of fused-ring (bicyclic) bond motifs is 1. The van der Waals surface area contributed by atoms with Crippen LogP contribution in [0.2, 0.25) is 5.15 Å². The Labute approximate surface area is 206 Å². The summed E-state index contributed by atoms with van der Waals surface area (Å²) in [6.07, 6.45) is 1.62. The predicted molar refractivity (Wildman–Crippen MR) is 125 cm³/mol. The third-order valence-corrected chi connectivity index (χ3v) is 6.27. The maximum atomic E-state index is 15.0. The molecule has 2 N–H and O–H groups in total.